The van der Waals surface area contributed by atoms with Crippen molar-refractivity contribution in [2.75, 3.05) is 6.54 Å². The lowest BCUT2D eigenvalue weighted by Crippen LogP contribution is -2.47. The van der Waals surface area contributed by atoms with Gasteiger partial charge < -0.3 is 4.74 Å². The van der Waals surface area contributed by atoms with Gasteiger partial charge in [-0.25, -0.2) is 5.43 Å². The van der Waals surface area contributed by atoms with Crippen LogP contribution in [0.3, 0.4) is 0 Å². The van der Waals surface area contributed by atoms with Gasteiger partial charge in [-0.1, -0.05) is 66.2 Å². The zero-order chi connectivity index (χ0) is 22.0. The number of rotatable bonds is 12. The average Bonchev–Trinajstić information content (AvgIpc) is 3.08. The molecule has 1 rings (SSSR count). The van der Waals surface area contributed by atoms with E-state index in [9.17, 15) is 9.59 Å². The average molecular weight is 411 g/mol. The molecular weight excluding hydrogens is 364 g/mol. The van der Waals surface area contributed by atoms with Crippen molar-refractivity contribution >= 4 is 11.9 Å². The van der Waals surface area contributed by atoms with Crippen molar-refractivity contribution in [3.63, 3.8) is 0 Å². The molecule has 0 aromatic carbocycles. The van der Waals surface area contributed by atoms with Crippen molar-refractivity contribution in [1.29, 1.82) is 0 Å². The van der Waals surface area contributed by atoms with Gasteiger partial charge in [0.2, 0.25) is 5.91 Å². The van der Waals surface area contributed by atoms with E-state index in [0.29, 0.717) is 24.8 Å². The first kappa shape index (κ1) is 25.9. The first-order valence-corrected chi connectivity index (χ1v) is 11.7. The predicted octanol–water partition coefficient (Wildman–Crippen LogP) is 5.24. The summed E-state index contributed by atoms with van der Waals surface area (Å²) in [7, 11) is 0. The molecule has 0 aromatic heterocycles. The zero-order valence-electron chi connectivity index (χ0n) is 20.0. The minimum Gasteiger partial charge on any atom is -0.460 e. The Labute approximate surface area is 179 Å². The summed E-state index contributed by atoms with van der Waals surface area (Å²) >= 11 is 0. The van der Waals surface area contributed by atoms with Crippen molar-refractivity contribution in [2.45, 2.75) is 105 Å². The third kappa shape index (κ3) is 11.0. The molecule has 0 saturated heterocycles. The van der Waals surface area contributed by atoms with E-state index in [1.807, 2.05) is 20.8 Å². The van der Waals surface area contributed by atoms with E-state index in [1.54, 1.807) is 0 Å². The molecular formula is C24H46N2O3. The van der Waals surface area contributed by atoms with E-state index < -0.39 is 5.60 Å². The summed E-state index contributed by atoms with van der Waals surface area (Å²) in [5, 5.41) is 0. The lowest BCUT2D eigenvalue weighted by Gasteiger charge is -2.30. The molecule has 0 spiro atoms. The van der Waals surface area contributed by atoms with Gasteiger partial charge in [0.25, 0.3) is 0 Å². The first-order valence-electron chi connectivity index (χ1n) is 11.7. The standard InChI is InChI=1S/C24H46N2O3/c1-17(2)15-21(22(27)26-25-16-18(3)4)20(23(28)29-24(5,6)7)14-10-13-19-11-8-9-12-19/h17-21,25H,8-16H2,1-7H3,(H,26,27)/t20-,21+/m0/s1. The molecule has 1 amide bonds. The normalized spacial score (nSPS) is 17.6. The van der Waals surface area contributed by atoms with Crippen molar-refractivity contribution in [2.24, 2.45) is 29.6 Å². The summed E-state index contributed by atoms with van der Waals surface area (Å²) in [6.45, 7) is 14.8. The largest absolute Gasteiger partial charge is 0.460 e. The van der Waals surface area contributed by atoms with E-state index in [4.69, 9.17) is 4.74 Å². The lowest BCUT2D eigenvalue weighted by molar-refractivity contribution is -0.164. The van der Waals surface area contributed by atoms with Gasteiger partial charge in [-0.05, 0) is 51.4 Å². The fourth-order valence-electron chi connectivity index (χ4n) is 4.18. The predicted molar refractivity (Wildman–Crippen MR) is 119 cm³/mol. The van der Waals surface area contributed by atoms with Gasteiger partial charge in [-0.15, -0.1) is 0 Å². The molecule has 0 heterocycles. The van der Waals surface area contributed by atoms with Crippen LogP contribution in [0.5, 0.6) is 0 Å². The van der Waals surface area contributed by atoms with Crippen LogP contribution in [0.1, 0.15) is 99.8 Å². The molecule has 0 unspecified atom stereocenters. The summed E-state index contributed by atoms with van der Waals surface area (Å²) in [4.78, 5) is 26.1. The second kappa shape index (κ2) is 12.6. The highest BCUT2D eigenvalue weighted by molar-refractivity contribution is 5.85. The molecule has 1 aliphatic carbocycles. The van der Waals surface area contributed by atoms with Crippen LogP contribution in [0.2, 0.25) is 0 Å². The number of nitrogens with one attached hydrogen (secondary N) is 2. The number of carbonyl (C=O) groups is 2. The van der Waals surface area contributed by atoms with Crippen LogP contribution in [-0.4, -0.2) is 24.0 Å². The van der Waals surface area contributed by atoms with Crippen molar-refractivity contribution in [1.82, 2.24) is 10.9 Å². The second-order valence-corrected chi connectivity index (χ2v) is 10.7. The topological polar surface area (TPSA) is 67.4 Å². The quantitative estimate of drug-likeness (QED) is 0.341. The molecule has 1 aliphatic rings. The van der Waals surface area contributed by atoms with Gasteiger partial charge in [-0.3, -0.25) is 15.0 Å². The van der Waals surface area contributed by atoms with Crippen LogP contribution < -0.4 is 10.9 Å². The minimum absolute atomic E-state index is 0.0870. The van der Waals surface area contributed by atoms with Gasteiger partial charge >= 0.3 is 5.97 Å². The molecule has 5 heteroatoms. The van der Waals surface area contributed by atoms with E-state index in [2.05, 4.69) is 38.5 Å². The number of hydrogen-bond acceptors (Lipinski definition) is 4. The minimum atomic E-state index is -0.546. The van der Waals surface area contributed by atoms with E-state index in [1.165, 1.54) is 25.7 Å². The number of ether oxygens (including phenoxy) is 1. The Morgan fingerprint density at radius 2 is 1.62 bits per heavy atom. The summed E-state index contributed by atoms with van der Waals surface area (Å²) in [5.74, 6) is 0.485. The number of carbonyl (C=O) groups excluding carboxylic acids is 2. The van der Waals surface area contributed by atoms with Crippen LogP contribution >= 0.6 is 0 Å². The molecule has 1 saturated carbocycles. The maximum absolute atomic E-state index is 13.1. The van der Waals surface area contributed by atoms with E-state index >= 15 is 0 Å². The Balaban J connectivity index is 2.86. The Bertz CT molecular complexity index is 491. The molecule has 29 heavy (non-hydrogen) atoms. The highest BCUT2D eigenvalue weighted by Crippen LogP contribution is 2.33. The molecule has 0 aliphatic heterocycles. The number of hydrazine groups is 1. The zero-order valence-corrected chi connectivity index (χ0v) is 20.0. The van der Waals surface area contributed by atoms with Gasteiger partial charge in [0.15, 0.2) is 0 Å². The Hall–Kier alpha value is -1.10. The highest BCUT2D eigenvalue weighted by atomic mass is 16.6. The molecule has 0 bridgehead atoms. The summed E-state index contributed by atoms with van der Waals surface area (Å²) < 4.78 is 5.74. The van der Waals surface area contributed by atoms with Crippen LogP contribution in [0.25, 0.3) is 0 Å². The molecule has 1 fully saturated rings. The molecule has 5 nitrogen and oxygen atoms in total. The van der Waals surface area contributed by atoms with Crippen LogP contribution in [0, 0.1) is 29.6 Å². The van der Waals surface area contributed by atoms with Crippen LogP contribution in [-0.2, 0) is 14.3 Å². The number of amides is 1. The molecule has 0 radical (unpaired) electrons. The number of hydrogen-bond donors (Lipinski definition) is 2. The molecule has 2 atom stereocenters. The molecule has 170 valence electrons. The first-order chi connectivity index (χ1) is 13.5. The second-order valence-electron chi connectivity index (χ2n) is 10.7. The fourth-order valence-corrected chi connectivity index (χ4v) is 4.18. The van der Waals surface area contributed by atoms with Crippen LogP contribution in [0.4, 0.5) is 0 Å². The maximum atomic E-state index is 13.1. The Kier molecular flexibility index (Phi) is 11.2. The smallest absolute Gasteiger partial charge is 0.310 e. The third-order valence-corrected chi connectivity index (χ3v) is 5.58. The van der Waals surface area contributed by atoms with E-state index in [-0.39, 0.29) is 23.7 Å². The SMILES string of the molecule is CC(C)CNNC(=O)[C@H](CC(C)C)[C@H](CCCC1CCCC1)C(=O)OC(C)(C)C. The van der Waals surface area contributed by atoms with Crippen molar-refractivity contribution in [3.05, 3.63) is 0 Å². The molecule has 0 aromatic rings. The lowest BCUT2D eigenvalue weighted by atomic mass is 9.81. The fraction of sp³-hybridized carbons (Fsp3) is 0.917. The summed E-state index contributed by atoms with van der Waals surface area (Å²) in [6, 6.07) is 0. The maximum Gasteiger partial charge on any atom is 0.310 e. The van der Waals surface area contributed by atoms with Crippen molar-refractivity contribution < 1.29 is 14.3 Å². The van der Waals surface area contributed by atoms with Gasteiger partial charge in [-0.2, -0.15) is 0 Å². The van der Waals surface area contributed by atoms with Gasteiger partial charge in [0.1, 0.15) is 5.60 Å². The molecule has 2 N–H and O–H groups in total. The van der Waals surface area contributed by atoms with Gasteiger partial charge in [0, 0.05) is 6.54 Å². The summed E-state index contributed by atoms with van der Waals surface area (Å²) in [5.41, 5.74) is 5.34. The Morgan fingerprint density at radius 3 is 2.14 bits per heavy atom. The number of esters is 1. The van der Waals surface area contributed by atoms with Crippen molar-refractivity contribution in [3.8, 4) is 0 Å². The monoisotopic (exact) mass is 410 g/mol. The summed E-state index contributed by atoms with van der Waals surface area (Å²) in [6.07, 6.45) is 8.83. The van der Waals surface area contributed by atoms with E-state index in [0.717, 1.165) is 25.2 Å². The van der Waals surface area contributed by atoms with Crippen LogP contribution in [0.15, 0.2) is 0 Å². The Morgan fingerprint density at radius 1 is 1.00 bits per heavy atom. The van der Waals surface area contributed by atoms with Gasteiger partial charge in [0.05, 0.1) is 11.8 Å². The third-order valence-electron chi connectivity index (χ3n) is 5.58. The highest BCUT2D eigenvalue weighted by Gasteiger charge is 2.36.